The third kappa shape index (κ3) is 2.22. The summed E-state index contributed by atoms with van der Waals surface area (Å²) in [7, 11) is 0. The van der Waals surface area contributed by atoms with E-state index in [2.05, 4.69) is 0 Å². The molecule has 0 heterocycles. The van der Waals surface area contributed by atoms with Gasteiger partial charge in [-0.05, 0) is 24.4 Å². The highest BCUT2D eigenvalue weighted by atomic mass is 35.5. The van der Waals surface area contributed by atoms with Crippen LogP contribution in [0.5, 0.6) is 0 Å². The van der Waals surface area contributed by atoms with Crippen LogP contribution in [0.25, 0.3) is 0 Å². The first-order valence-corrected chi connectivity index (χ1v) is 5.66. The number of halogens is 6. The van der Waals surface area contributed by atoms with Crippen molar-refractivity contribution in [2.45, 2.75) is 26.2 Å². The first-order valence-electron chi connectivity index (χ1n) is 5.28. The van der Waals surface area contributed by atoms with Gasteiger partial charge >= 0.3 is 0 Å². The molecule has 1 unspecified atom stereocenters. The van der Waals surface area contributed by atoms with E-state index in [-0.39, 0.29) is 0 Å². The van der Waals surface area contributed by atoms with E-state index in [0.29, 0.717) is 0 Å². The summed E-state index contributed by atoms with van der Waals surface area (Å²) < 4.78 is 66.6. The fourth-order valence-electron chi connectivity index (χ4n) is 1.67. The second kappa shape index (κ2) is 5.07. The molecule has 1 aromatic carbocycles. The summed E-state index contributed by atoms with van der Waals surface area (Å²) in [5.74, 6) is -11.3. The highest BCUT2D eigenvalue weighted by Gasteiger charge is 2.44. The van der Waals surface area contributed by atoms with Crippen molar-refractivity contribution >= 4 is 16.8 Å². The molecular formula is C12H10ClF5O. The van der Waals surface area contributed by atoms with Gasteiger partial charge in [-0.15, -0.1) is 0 Å². The fraction of sp³-hybridized carbons (Fsp3) is 0.417. The Morgan fingerprint density at radius 2 is 1.26 bits per heavy atom. The highest BCUT2D eigenvalue weighted by Crippen LogP contribution is 2.39. The molecule has 19 heavy (non-hydrogen) atoms. The molecule has 1 atom stereocenters. The molecule has 0 bridgehead atoms. The van der Waals surface area contributed by atoms with Crippen molar-refractivity contribution in [1.82, 2.24) is 0 Å². The maximum Gasteiger partial charge on any atom is 0.232 e. The van der Waals surface area contributed by atoms with Gasteiger partial charge in [-0.2, -0.15) is 0 Å². The third-order valence-corrected chi connectivity index (χ3v) is 3.68. The van der Waals surface area contributed by atoms with Gasteiger partial charge in [-0.3, -0.25) is 4.79 Å². The molecule has 106 valence electrons. The molecule has 0 N–H and O–H groups in total. The van der Waals surface area contributed by atoms with E-state index in [0.717, 1.165) is 6.92 Å². The summed E-state index contributed by atoms with van der Waals surface area (Å²) in [5.41, 5.74) is -3.23. The summed E-state index contributed by atoms with van der Waals surface area (Å²) >= 11 is 5.29. The second-order valence-corrected chi connectivity index (χ2v) is 4.92. The molecule has 0 aromatic heterocycles. The van der Waals surface area contributed by atoms with E-state index >= 15 is 0 Å². The average Bonchev–Trinajstić information content (AvgIpc) is 2.33. The molecule has 0 aliphatic carbocycles. The lowest BCUT2D eigenvalue weighted by Crippen LogP contribution is -2.38. The van der Waals surface area contributed by atoms with Crippen LogP contribution in [-0.2, 0) is 10.2 Å². The van der Waals surface area contributed by atoms with Crippen molar-refractivity contribution in [3.63, 3.8) is 0 Å². The lowest BCUT2D eigenvalue weighted by atomic mass is 9.73. The predicted molar refractivity (Wildman–Crippen MR) is 59.3 cm³/mol. The lowest BCUT2D eigenvalue weighted by molar-refractivity contribution is -0.117. The van der Waals surface area contributed by atoms with Crippen LogP contribution < -0.4 is 0 Å². The van der Waals surface area contributed by atoms with E-state index in [1.165, 1.54) is 13.8 Å². The Morgan fingerprint density at radius 3 is 1.53 bits per heavy atom. The van der Waals surface area contributed by atoms with Gasteiger partial charge in [0, 0.05) is 5.56 Å². The van der Waals surface area contributed by atoms with Gasteiger partial charge in [-0.25, -0.2) is 22.0 Å². The Hall–Kier alpha value is -1.17. The molecule has 1 nitrogen and oxygen atoms in total. The van der Waals surface area contributed by atoms with Crippen LogP contribution in [0.2, 0.25) is 0 Å². The Kier molecular flexibility index (Phi) is 4.24. The molecule has 1 rings (SSSR count). The quantitative estimate of drug-likeness (QED) is 0.356. The normalized spacial score (nSPS) is 14.6. The van der Waals surface area contributed by atoms with Crippen molar-refractivity contribution in [3.05, 3.63) is 34.6 Å². The molecule has 0 aliphatic rings. The summed E-state index contributed by atoms with van der Waals surface area (Å²) in [5, 5.41) is -1.20. The molecule has 0 fully saturated rings. The first kappa shape index (κ1) is 15.9. The minimum absolute atomic E-state index is 0.772. The Morgan fingerprint density at radius 1 is 0.947 bits per heavy atom. The standard InChI is InChI=1S/C12H10ClF5O/c1-4(2)12(3,11(13)19)5-6(14)8(16)10(18)9(17)7(5)15/h4H,1-3H3. The van der Waals surface area contributed by atoms with Crippen molar-refractivity contribution in [3.8, 4) is 0 Å². The van der Waals surface area contributed by atoms with Gasteiger partial charge in [-0.1, -0.05) is 13.8 Å². The number of carbonyl (C=O) groups excluding carboxylic acids is 1. The number of benzene rings is 1. The lowest BCUT2D eigenvalue weighted by Gasteiger charge is -2.31. The largest absolute Gasteiger partial charge is 0.280 e. The second-order valence-electron chi connectivity index (χ2n) is 4.58. The van der Waals surface area contributed by atoms with Gasteiger partial charge in [0.1, 0.15) is 0 Å². The number of hydrogen-bond acceptors (Lipinski definition) is 1. The topological polar surface area (TPSA) is 17.1 Å². The average molecular weight is 301 g/mol. The van der Waals surface area contributed by atoms with E-state index < -0.39 is 51.2 Å². The van der Waals surface area contributed by atoms with E-state index in [1.807, 2.05) is 0 Å². The first-order chi connectivity index (χ1) is 8.56. The summed E-state index contributed by atoms with van der Waals surface area (Å²) in [6.45, 7) is 3.81. The Labute approximate surface area is 111 Å². The molecular weight excluding hydrogens is 291 g/mol. The maximum atomic E-state index is 13.7. The van der Waals surface area contributed by atoms with Crippen LogP contribution in [0.15, 0.2) is 0 Å². The molecule has 0 amide bonds. The summed E-state index contributed by atoms with van der Waals surface area (Å²) in [6.07, 6.45) is 0. The number of carbonyl (C=O) groups is 1. The monoisotopic (exact) mass is 300 g/mol. The molecule has 0 aliphatic heterocycles. The molecule has 7 heteroatoms. The van der Waals surface area contributed by atoms with E-state index in [1.54, 1.807) is 0 Å². The van der Waals surface area contributed by atoms with Crippen LogP contribution >= 0.6 is 11.6 Å². The molecule has 0 radical (unpaired) electrons. The molecule has 0 saturated heterocycles. The zero-order chi connectivity index (χ0) is 15.1. The molecule has 0 spiro atoms. The van der Waals surface area contributed by atoms with Gasteiger partial charge in [0.05, 0.1) is 5.41 Å². The van der Waals surface area contributed by atoms with Gasteiger partial charge in [0.25, 0.3) is 0 Å². The van der Waals surface area contributed by atoms with Crippen molar-refractivity contribution in [2.75, 3.05) is 0 Å². The van der Waals surface area contributed by atoms with Crippen molar-refractivity contribution < 1.29 is 26.7 Å². The van der Waals surface area contributed by atoms with Crippen LogP contribution in [-0.4, -0.2) is 5.24 Å². The van der Waals surface area contributed by atoms with E-state index in [4.69, 9.17) is 11.6 Å². The SMILES string of the molecule is CC(C)C(C)(C(=O)Cl)c1c(F)c(F)c(F)c(F)c1F. The molecule has 0 saturated carbocycles. The predicted octanol–water partition coefficient (Wildman–Crippen LogP) is 4.06. The van der Waals surface area contributed by atoms with Gasteiger partial charge in [0.15, 0.2) is 23.3 Å². The minimum Gasteiger partial charge on any atom is -0.280 e. The Balaban J connectivity index is 3.82. The smallest absolute Gasteiger partial charge is 0.232 e. The molecule has 1 aromatic rings. The van der Waals surface area contributed by atoms with Crippen molar-refractivity contribution in [2.24, 2.45) is 5.92 Å². The minimum atomic E-state index is -2.27. The summed E-state index contributed by atoms with van der Waals surface area (Å²) in [6, 6.07) is 0. The maximum absolute atomic E-state index is 13.7. The zero-order valence-corrected chi connectivity index (χ0v) is 11.0. The van der Waals surface area contributed by atoms with Gasteiger partial charge in [0.2, 0.25) is 11.1 Å². The van der Waals surface area contributed by atoms with Crippen LogP contribution in [0, 0.1) is 35.0 Å². The van der Waals surface area contributed by atoms with Crippen molar-refractivity contribution in [1.29, 1.82) is 0 Å². The van der Waals surface area contributed by atoms with E-state index in [9.17, 15) is 26.7 Å². The van der Waals surface area contributed by atoms with Crippen LogP contribution in [0.3, 0.4) is 0 Å². The zero-order valence-electron chi connectivity index (χ0n) is 10.3. The summed E-state index contributed by atoms with van der Waals surface area (Å²) in [4.78, 5) is 11.4. The fourth-order valence-corrected chi connectivity index (χ4v) is 1.99. The van der Waals surface area contributed by atoms with Crippen LogP contribution in [0.4, 0.5) is 22.0 Å². The number of hydrogen-bond donors (Lipinski definition) is 0. The highest BCUT2D eigenvalue weighted by molar-refractivity contribution is 6.65. The Bertz CT molecular complexity index is 514. The van der Waals surface area contributed by atoms with Crippen LogP contribution in [0.1, 0.15) is 26.3 Å². The third-order valence-electron chi connectivity index (χ3n) is 3.29. The number of rotatable bonds is 3. The van der Waals surface area contributed by atoms with Gasteiger partial charge < -0.3 is 0 Å².